The fourth-order valence-corrected chi connectivity index (χ4v) is 4.23. The molecule has 0 saturated carbocycles. The molecule has 0 saturated heterocycles. The average molecular weight is 475 g/mol. The number of nitrogens with one attached hydrogen (secondary N) is 1. The Morgan fingerprint density at radius 2 is 1.68 bits per heavy atom. The molecule has 0 unspecified atom stereocenters. The van der Waals surface area contributed by atoms with Crippen LogP contribution in [-0.4, -0.2) is 40.6 Å². The molecule has 0 aliphatic heterocycles. The van der Waals surface area contributed by atoms with E-state index in [2.05, 4.69) is 41.5 Å². The van der Waals surface area contributed by atoms with E-state index in [1.807, 2.05) is 41.0 Å². The maximum absolute atomic E-state index is 12.7. The van der Waals surface area contributed by atoms with Crippen LogP contribution in [0.1, 0.15) is 11.1 Å². The third-order valence-electron chi connectivity index (χ3n) is 5.41. The fraction of sp³-hybridized carbons (Fsp3) is 0.192. The predicted octanol–water partition coefficient (Wildman–Crippen LogP) is 5.30. The molecule has 0 aliphatic carbocycles. The van der Waals surface area contributed by atoms with Gasteiger partial charge in [-0.15, -0.1) is 10.2 Å². The molecular formula is C26H26N4O3S. The number of anilines is 1. The van der Waals surface area contributed by atoms with Crippen LogP contribution in [0.4, 0.5) is 5.69 Å². The van der Waals surface area contributed by atoms with Gasteiger partial charge in [-0.3, -0.25) is 9.36 Å². The van der Waals surface area contributed by atoms with Gasteiger partial charge in [0, 0.05) is 17.3 Å². The van der Waals surface area contributed by atoms with Crippen molar-refractivity contribution in [3.63, 3.8) is 0 Å². The highest BCUT2D eigenvalue weighted by Crippen LogP contribution is 2.31. The van der Waals surface area contributed by atoms with E-state index in [-0.39, 0.29) is 11.7 Å². The highest BCUT2D eigenvalue weighted by Gasteiger charge is 2.18. The van der Waals surface area contributed by atoms with E-state index in [1.165, 1.54) is 22.9 Å². The lowest BCUT2D eigenvalue weighted by Crippen LogP contribution is -2.14. The lowest BCUT2D eigenvalue weighted by molar-refractivity contribution is -0.113. The Kier molecular flexibility index (Phi) is 7.18. The number of methoxy groups -OCH3 is 2. The molecule has 8 heteroatoms. The first-order chi connectivity index (χ1) is 16.5. The van der Waals surface area contributed by atoms with Gasteiger partial charge in [-0.2, -0.15) is 0 Å². The van der Waals surface area contributed by atoms with Crippen molar-refractivity contribution in [2.24, 2.45) is 0 Å². The number of hydrogen-bond acceptors (Lipinski definition) is 6. The topological polar surface area (TPSA) is 78.3 Å². The van der Waals surface area contributed by atoms with Crippen molar-refractivity contribution in [2.45, 2.75) is 19.0 Å². The van der Waals surface area contributed by atoms with Crippen LogP contribution in [0.15, 0.2) is 71.9 Å². The number of rotatable bonds is 8. The highest BCUT2D eigenvalue weighted by atomic mass is 32.2. The number of aryl methyl sites for hydroxylation is 2. The summed E-state index contributed by atoms with van der Waals surface area (Å²) in [5.41, 5.74) is 4.92. The second kappa shape index (κ2) is 10.4. The number of benzene rings is 3. The standard InChI is InChI=1S/C26H26N4O3S/c1-17-10-12-21(14-18(17)2)30-25(19-8-6-5-7-9-19)28-29-26(30)34-16-24(31)27-20-11-13-22(32-3)23(15-20)33-4/h5-15H,16H2,1-4H3,(H,27,31). The number of ether oxygens (including phenoxy) is 2. The van der Waals surface area contributed by atoms with Crippen molar-refractivity contribution >= 4 is 23.4 Å². The normalized spacial score (nSPS) is 10.7. The van der Waals surface area contributed by atoms with Gasteiger partial charge in [-0.1, -0.05) is 48.2 Å². The summed E-state index contributed by atoms with van der Waals surface area (Å²) >= 11 is 1.33. The Balaban J connectivity index is 1.58. The van der Waals surface area contributed by atoms with E-state index in [0.29, 0.717) is 22.3 Å². The van der Waals surface area contributed by atoms with Gasteiger partial charge >= 0.3 is 0 Å². The number of carbonyl (C=O) groups excluding carboxylic acids is 1. The summed E-state index contributed by atoms with van der Waals surface area (Å²) < 4.78 is 12.6. The second-order valence-corrected chi connectivity index (χ2v) is 8.63. The smallest absolute Gasteiger partial charge is 0.234 e. The van der Waals surface area contributed by atoms with Crippen molar-refractivity contribution in [1.29, 1.82) is 0 Å². The molecule has 0 bridgehead atoms. The summed E-state index contributed by atoms with van der Waals surface area (Å²) in [4.78, 5) is 12.7. The second-order valence-electron chi connectivity index (χ2n) is 7.68. The Hall–Kier alpha value is -3.78. The molecule has 174 valence electrons. The van der Waals surface area contributed by atoms with E-state index in [0.717, 1.165) is 17.1 Å². The fourth-order valence-electron chi connectivity index (χ4n) is 3.48. The lowest BCUT2D eigenvalue weighted by Gasteiger charge is -2.13. The summed E-state index contributed by atoms with van der Waals surface area (Å²) in [5, 5.41) is 12.4. The highest BCUT2D eigenvalue weighted by molar-refractivity contribution is 7.99. The van der Waals surface area contributed by atoms with E-state index in [9.17, 15) is 4.79 Å². The first kappa shape index (κ1) is 23.4. The van der Waals surface area contributed by atoms with Gasteiger partial charge in [-0.05, 0) is 49.2 Å². The number of aromatic nitrogens is 3. The number of amides is 1. The van der Waals surface area contributed by atoms with Crippen molar-refractivity contribution in [2.75, 3.05) is 25.3 Å². The Morgan fingerprint density at radius 3 is 2.38 bits per heavy atom. The molecule has 1 N–H and O–H groups in total. The summed E-state index contributed by atoms with van der Waals surface area (Å²) in [6.07, 6.45) is 0. The molecule has 1 amide bonds. The molecule has 4 rings (SSSR count). The minimum atomic E-state index is -0.159. The summed E-state index contributed by atoms with van der Waals surface area (Å²) in [7, 11) is 3.13. The monoisotopic (exact) mass is 474 g/mol. The zero-order valence-electron chi connectivity index (χ0n) is 19.5. The quantitative estimate of drug-likeness (QED) is 0.349. The maximum Gasteiger partial charge on any atom is 0.234 e. The third kappa shape index (κ3) is 5.07. The van der Waals surface area contributed by atoms with Gasteiger partial charge in [0.05, 0.1) is 25.7 Å². The van der Waals surface area contributed by atoms with Gasteiger partial charge in [-0.25, -0.2) is 0 Å². The molecule has 0 aliphatic rings. The number of carbonyl (C=O) groups is 1. The van der Waals surface area contributed by atoms with Crippen LogP contribution in [0.3, 0.4) is 0 Å². The van der Waals surface area contributed by atoms with Crippen LogP contribution in [-0.2, 0) is 4.79 Å². The van der Waals surface area contributed by atoms with Crippen molar-refractivity contribution in [3.8, 4) is 28.6 Å². The molecule has 7 nitrogen and oxygen atoms in total. The predicted molar refractivity (Wildman–Crippen MR) is 135 cm³/mol. The first-order valence-corrected chi connectivity index (χ1v) is 11.7. The average Bonchev–Trinajstić information content (AvgIpc) is 3.29. The molecule has 0 fully saturated rings. The summed E-state index contributed by atoms with van der Waals surface area (Å²) in [6.45, 7) is 4.16. The Morgan fingerprint density at radius 1 is 0.912 bits per heavy atom. The Bertz CT molecular complexity index is 1300. The SMILES string of the molecule is COc1ccc(NC(=O)CSc2nnc(-c3ccccc3)n2-c2ccc(C)c(C)c2)cc1OC. The molecule has 0 spiro atoms. The minimum Gasteiger partial charge on any atom is -0.493 e. The Labute approximate surface area is 203 Å². The lowest BCUT2D eigenvalue weighted by atomic mass is 10.1. The number of hydrogen-bond donors (Lipinski definition) is 1. The molecule has 0 radical (unpaired) electrons. The van der Waals surface area contributed by atoms with Crippen LogP contribution >= 0.6 is 11.8 Å². The van der Waals surface area contributed by atoms with Crippen LogP contribution in [0.5, 0.6) is 11.5 Å². The zero-order chi connectivity index (χ0) is 24.1. The summed E-state index contributed by atoms with van der Waals surface area (Å²) in [6, 6.07) is 21.4. The molecule has 0 atom stereocenters. The van der Waals surface area contributed by atoms with E-state index in [1.54, 1.807) is 32.4 Å². The largest absolute Gasteiger partial charge is 0.493 e. The van der Waals surface area contributed by atoms with Gasteiger partial charge in [0.1, 0.15) is 0 Å². The molecule has 4 aromatic rings. The van der Waals surface area contributed by atoms with Gasteiger partial charge < -0.3 is 14.8 Å². The molecule has 1 heterocycles. The van der Waals surface area contributed by atoms with Crippen LogP contribution in [0, 0.1) is 13.8 Å². The van der Waals surface area contributed by atoms with Gasteiger partial charge in [0.2, 0.25) is 5.91 Å². The van der Waals surface area contributed by atoms with Gasteiger partial charge in [0.15, 0.2) is 22.5 Å². The van der Waals surface area contributed by atoms with Crippen LogP contribution in [0.25, 0.3) is 17.1 Å². The molecule has 1 aromatic heterocycles. The van der Waals surface area contributed by atoms with Crippen molar-refractivity contribution in [3.05, 3.63) is 77.9 Å². The van der Waals surface area contributed by atoms with E-state index in [4.69, 9.17) is 9.47 Å². The van der Waals surface area contributed by atoms with Crippen LogP contribution < -0.4 is 14.8 Å². The molecule has 3 aromatic carbocycles. The van der Waals surface area contributed by atoms with Crippen molar-refractivity contribution in [1.82, 2.24) is 14.8 Å². The number of thioether (sulfide) groups is 1. The van der Waals surface area contributed by atoms with E-state index < -0.39 is 0 Å². The maximum atomic E-state index is 12.7. The van der Waals surface area contributed by atoms with E-state index >= 15 is 0 Å². The minimum absolute atomic E-state index is 0.159. The zero-order valence-corrected chi connectivity index (χ0v) is 20.3. The number of nitrogens with zero attached hydrogens (tertiary/aromatic N) is 3. The van der Waals surface area contributed by atoms with Crippen LogP contribution in [0.2, 0.25) is 0 Å². The van der Waals surface area contributed by atoms with Gasteiger partial charge in [0.25, 0.3) is 0 Å². The third-order valence-corrected chi connectivity index (χ3v) is 6.34. The molecule has 34 heavy (non-hydrogen) atoms. The first-order valence-electron chi connectivity index (χ1n) is 10.7. The summed E-state index contributed by atoms with van der Waals surface area (Å²) in [5.74, 6) is 1.89. The molecular weight excluding hydrogens is 448 g/mol. The van der Waals surface area contributed by atoms with Crippen molar-refractivity contribution < 1.29 is 14.3 Å².